The number of benzene rings is 1. The summed E-state index contributed by atoms with van der Waals surface area (Å²) in [5, 5.41) is 3.36. The van der Waals surface area contributed by atoms with E-state index in [0.717, 1.165) is 19.0 Å². The van der Waals surface area contributed by atoms with Crippen LogP contribution in [0.3, 0.4) is 0 Å². The van der Waals surface area contributed by atoms with Gasteiger partial charge in [-0.15, -0.1) is 0 Å². The van der Waals surface area contributed by atoms with Crippen LogP contribution in [-0.4, -0.2) is 20.1 Å². The van der Waals surface area contributed by atoms with Gasteiger partial charge < -0.3 is 10.2 Å². The second kappa shape index (κ2) is 6.58. The van der Waals surface area contributed by atoms with Gasteiger partial charge in [0.05, 0.1) is 0 Å². The van der Waals surface area contributed by atoms with Crippen LogP contribution in [0.25, 0.3) is 0 Å². The van der Waals surface area contributed by atoms with E-state index in [2.05, 4.69) is 58.3 Å². The number of hydrogen-bond donors (Lipinski definition) is 1. The van der Waals surface area contributed by atoms with Gasteiger partial charge in [-0.3, -0.25) is 0 Å². The molecule has 0 aromatic heterocycles. The van der Waals surface area contributed by atoms with Gasteiger partial charge in [-0.05, 0) is 43.0 Å². The van der Waals surface area contributed by atoms with Crippen LogP contribution in [0.4, 0.5) is 5.69 Å². The maximum atomic E-state index is 3.68. The highest BCUT2D eigenvalue weighted by molar-refractivity contribution is 9.10. The molecule has 2 nitrogen and oxygen atoms in total. The normalized spacial score (nSPS) is 15.5. The first-order valence-corrected chi connectivity index (χ1v) is 7.70. The van der Waals surface area contributed by atoms with Crippen LogP contribution in [0.2, 0.25) is 0 Å². The molecule has 100 valence electrons. The Bertz CT molecular complexity index is 388. The standard InChI is InChI=1S/C15H23BrN2/c1-3-17-10-13-7-8-14(9-15(13)16)18(2)11-12-5-4-6-12/h7-9,12,17H,3-6,10-11H2,1-2H3. The molecule has 18 heavy (non-hydrogen) atoms. The van der Waals surface area contributed by atoms with Crippen LogP contribution in [0.1, 0.15) is 31.7 Å². The molecule has 0 saturated heterocycles. The van der Waals surface area contributed by atoms with E-state index in [1.807, 2.05) is 0 Å². The molecule has 1 fully saturated rings. The van der Waals surface area contributed by atoms with Crippen molar-refractivity contribution in [1.82, 2.24) is 5.32 Å². The van der Waals surface area contributed by atoms with Crippen LogP contribution in [0, 0.1) is 5.92 Å². The lowest BCUT2D eigenvalue weighted by Crippen LogP contribution is -2.29. The van der Waals surface area contributed by atoms with E-state index in [-0.39, 0.29) is 0 Å². The Hall–Kier alpha value is -0.540. The van der Waals surface area contributed by atoms with Crippen molar-refractivity contribution in [1.29, 1.82) is 0 Å². The molecule has 1 N–H and O–H groups in total. The van der Waals surface area contributed by atoms with E-state index in [9.17, 15) is 0 Å². The van der Waals surface area contributed by atoms with Gasteiger partial charge in [0, 0.05) is 30.3 Å². The fourth-order valence-electron chi connectivity index (χ4n) is 2.34. The molecule has 0 spiro atoms. The van der Waals surface area contributed by atoms with Gasteiger partial charge in [0.1, 0.15) is 0 Å². The minimum Gasteiger partial charge on any atom is -0.374 e. The van der Waals surface area contributed by atoms with Crippen LogP contribution < -0.4 is 10.2 Å². The topological polar surface area (TPSA) is 15.3 Å². The SMILES string of the molecule is CCNCc1ccc(N(C)CC2CCC2)cc1Br. The van der Waals surface area contributed by atoms with Crippen molar-refractivity contribution < 1.29 is 0 Å². The zero-order valence-corrected chi connectivity index (χ0v) is 13.0. The van der Waals surface area contributed by atoms with Crippen molar-refractivity contribution in [3.05, 3.63) is 28.2 Å². The van der Waals surface area contributed by atoms with Gasteiger partial charge in [0.25, 0.3) is 0 Å². The lowest BCUT2D eigenvalue weighted by molar-refractivity contribution is 0.321. The Morgan fingerprint density at radius 1 is 1.39 bits per heavy atom. The number of halogens is 1. The third-order valence-corrected chi connectivity index (χ3v) is 4.54. The molecule has 2 rings (SSSR count). The van der Waals surface area contributed by atoms with E-state index in [1.54, 1.807) is 0 Å². The zero-order valence-electron chi connectivity index (χ0n) is 11.4. The zero-order chi connectivity index (χ0) is 13.0. The van der Waals surface area contributed by atoms with Crippen LogP contribution >= 0.6 is 15.9 Å². The molecule has 0 bridgehead atoms. The molecule has 1 aromatic carbocycles. The Morgan fingerprint density at radius 3 is 2.72 bits per heavy atom. The van der Waals surface area contributed by atoms with Gasteiger partial charge in [0.2, 0.25) is 0 Å². The van der Waals surface area contributed by atoms with E-state index in [0.29, 0.717) is 0 Å². The maximum absolute atomic E-state index is 3.68. The third kappa shape index (κ3) is 3.48. The van der Waals surface area contributed by atoms with Gasteiger partial charge >= 0.3 is 0 Å². The lowest BCUT2D eigenvalue weighted by atomic mass is 9.85. The maximum Gasteiger partial charge on any atom is 0.0375 e. The first-order chi connectivity index (χ1) is 8.70. The Balaban J connectivity index is 1.97. The summed E-state index contributed by atoms with van der Waals surface area (Å²) in [5.74, 6) is 0.912. The van der Waals surface area contributed by atoms with Gasteiger partial charge in [-0.2, -0.15) is 0 Å². The highest BCUT2D eigenvalue weighted by Gasteiger charge is 2.19. The van der Waals surface area contributed by atoms with Crippen molar-refractivity contribution >= 4 is 21.6 Å². The molecule has 1 aliphatic rings. The second-order valence-electron chi connectivity index (χ2n) is 5.23. The van der Waals surface area contributed by atoms with Crippen molar-refractivity contribution in [3.63, 3.8) is 0 Å². The second-order valence-corrected chi connectivity index (χ2v) is 6.09. The molecule has 0 heterocycles. The molecule has 0 unspecified atom stereocenters. The van der Waals surface area contributed by atoms with Crippen LogP contribution in [0.5, 0.6) is 0 Å². The number of anilines is 1. The van der Waals surface area contributed by atoms with Crippen molar-refractivity contribution in [2.75, 3.05) is 25.0 Å². The fourth-order valence-corrected chi connectivity index (χ4v) is 2.85. The lowest BCUT2D eigenvalue weighted by Gasteiger charge is -2.31. The molecule has 0 amide bonds. The molecular formula is C15H23BrN2. The number of rotatable bonds is 6. The number of nitrogens with one attached hydrogen (secondary N) is 1. The third-order valence-electron chi connectivity index (χ3n) is 3.80. The highest BCUT2D eigenvalue weighted by Crippen LogP contribution is 2.29. The average Bonchev–Trinajstić information content (AvgIpc) is 2.32. The van der Waals surface area contributed by atoms with Crippen molar-refractivity contribution in [3.8, 4) is 0 Å². The summed E-state index contributed by atoms with van der Waals surface area (Å²) in [6.45, 7) is 5.27. The summed E-state index contributed by atoms with van der Waals surface area (Å²) in [6, 6.07) is 6.70. The Kier molecular flexibility index (Phi) is 5.07. The summed E-state index contributed by atoms with van der Waals surface area (Å²) in [5.41, 5.74) is 2.65. The van der Waals surface area contributed by atoms with Crippen LogP contribution in [0.15, 0.2) is 22.7 Å². The molecule has 1 aromatic rings. The van der Waals surface area contributed by atoms with Crippen molar-refractivity contribution in [2.45, 2.75) is 32.7 Å². The molecular weight excluding hydrogens is 288 g/mol. The largest absolute Gasteiger partial charge is 0.374 e. The highest BCUT2D eigenvalue weighted by atomic mass is 79.9. The van der Waals surface area contributed by atoms with E-state index in [1.165, 1.54) is 41.5 Å². The molecule has 1 aliphatic carbocycles. The summed E-state index contributed by atoms with van der Waals surface area (Å²) >= 11 is 3.68. The number of hydrogen-bond acceptors (Lipinski definition) is 2. The summed E-state index contributed by atoms with van der Waals surface area (Å²) in [4.78, 5) is 2.38. The minimum atomic E-state index is 0.912. The smallest absolute Gasteiger partial charge is 0.0375 e. The van der Waals surface area contributed by atoms with Gasteiger partial charge in [0.15, 0.2) is 0 Å². The summed E-state index contributed by atoms with van der Waals surface area (Å²) in [7, 11) is 2.20. The quantitative estimate of drug-likeness (QED) is 0.860. The predicted molar refractivity (Wildman–Crippen MR) is 82.1 cm³/mol. The number of nitrogens with zero attached hydrogens (tertiary/aromatic N) is 1. The Labute approximate surface area is 119 Å². The molecule has 0 aliphatic heterocycles. The van der Waals surface area contributed by atoms with E-state index < -0.39 is 0 Å². The van der Waals surface area contributed by atoms with Crippen molar-refractivity contribution in [2.24, 2.45) is 5.92 Å². The van der Waals surface area contributed by atoms with E-state index in [4.69, 9.17) is 0 Å². The predicted octanol–water partition coefficient (Wildman–Crippen LogP) is 3.79. The van der Waals surface area contributed by atoms with Gasteiger partial charge in [-0.25, -0.2) is 0 Å². The summed E-state index contributed by atoms with van der Waals surface area (Å²) in [6.07, 6.45) is 4.23. The average molecular weight is 311 g/mol. The molecule has 1 saturated carbocycles. The Morgan fingerprint density at radius 2 is 2.17 bits per heavy atom. The van der Waals surface area contributed by atoms with E-state index >= 15 is 0 Å². The van der Waals surface area contributed by atoms with Crippen LogP contribution in [-0.2, 0) is 6.54 Å². The first kappa shape index (κ1) is 13.9. The monoisotopic (exact) mass is 310 g/mol. The molecule has 0 radical (unpaired) electrons. The first-order valence-electron chi connectivity index (χ1n) is 6.91. The molecule has 3 heteroatoms. The summed E-state index contributed by atoms with van der Waals surface area (Å²) < 4.78 is 1.21. The fraction of sp³-hybridized carbons (Fsp3) is 0.600. The minimum absolute atomic E-state index is 0.912. The van der Waals surface area contributed by atoms with Gasteiger partial charge in [-0.1, -0.05) is 35.3 Å². The molecule has 0 atom stereocenters.